The van der Waals surface area contributed by atoms with Crippen LogP contribution in [-0.4, -0.2) is 39.3 Å². The van der Waals surface area contributed by atoms with E-state index in [0.29, 0.717) is 16.7 Å². The maximum absolute atomic E-state index is 11.1. The fourth-order valence-electron chi connectivity index (χ4n) is 1.71. The van der Waals surface area contributed by atoms with Crippen LogP contribution in [0, 0.1) is 6.92 Å². The van der Waals surface area contributed by atoms with Gasteiger partial charge in [-0.25, -0.2) is 14.8 Å². The summed E-state index contributed by atoms with van der Waals surface area (Å²) in [6.07, 6.45) is 1.27. The lowest BCUT2D eigenvalue weighted by molar-refractivity contribution is 0.0697. The molecule has 0 saturated heterocycles. The van der Waals surface area contributed by atoms with Crippen LogP contribution in [0.3, 0.4) is 0 Å². The molecule has 0 unspecified atom stereocenters. The number of carboxylic acids is 1. The van der Waals surface area contributed by atoms with Crippen molar-refractivity contribution >= 4 is 22.7 Å². The van der Waals surface area contributed by atoms with Crippen molar-refractivity contribution in [1.82, 2.24) is 9.97 Å². The number of anilines is 1. The summed E-state index contributed by atoms with van der Waals surface area (Å²) in [7, 11) is 0. The van der Waals surface area contributed by atoms with Gasteiger partial charge >= 0.3 is 5.97 Å². The number of carboxylic acid groups (broad SMARTS) is 1. The number of aryl methyl sites for hydroxylation is 1. The summed E-state index contributed by atoms with van der Waals surface area (Å²) in [5.41, 5.74) is 1.81. The van der Waals surface area contributed by atoms with Gasteiger partial charge in [-0.2, -0.15) is 0 Å². The van der Waals surface area contributed by atoms with Crippen molar-refractivity contribution in [1.29, 1.82) is 0 Å². The highest BCUT2D eigenvalue weighted by Gasteiger charge is 2.14. The van der Waals surface area contributed by atoms with Gasteiger partial charge < -0.3 is 15.5 Å². The maximum atomic E-state index is 11.1. The van der Waals surface area contributed by atoms with Crippen LogP contribution >= 0.6 is 0 Å². The Bertz CT molecular complexity index is 598. The Hall–Kier alpha value is -2.21. The second kappa shape index (κ2) is 4.97. The maximum Gasteiger partial charge on any atom is 0.339 e. The summed E-state index contributed by atoms with van der Waals surface area (Å²) in [4.78, 5) is 19.4. The molecule has 0 saturated carbocycles. The second-order valence-corrected chi connectivity index (χ2v) is 3.83. The molecule has 2 aromatic heterocycles. The molecule has 0 fully saturated rings. The number of aliphatic hydroxyl groups excluding tert-OH is 1. The van der Waals surface area contributed by atoms with Gasteiger partial charge in [-0.1, -0.05) is 0 Å². The molecule has 0 aromatic carbocycles. The third-order valence-electron chi connectivity index (χ3n) is 2.51. The summed E-state index contributed by atoms with van der Waals surface area (Å²) in [5, 5.41) is 21.5. The van der Waals surface area contributed by atoms with Crippen LogP contribution in [0.15, 0.2) is 18.3 Å². The standard InChI is InChI=1S/C12H13N3O3/c1-7-2-3-8-10(13-4-5-16)9(12(17)18)6-14-11(8)15-7/h2-3,6,16H,4-5H2,1H3,(H,17,18)(H,13,14,15). The van der Waals surface area contributed by atoms with Gasteiger partial charge in [0.1, 0.15) is 5.56 Å². The predicted octanol–water partition coefficient (Wildman–Crippen LogP) is 1.04. The lowest BCUT2D eigenvalue weighted by Gasteiger charge is -2.11. The molecule has 3 N–H and O–H groups in total. The number of nitrogens with zero attached hydrogens (tertiary/aromatic N) is 2. The molecule has 0 bridgehead atoms. The van der Waals surface area contributed by atoms with E-state index in [1.165, 1.54) is 6.20 Å². The van der Waals surface area contributed by atoms with E-state index >= 15 is 0 Å². The number of hydrogen-bond donors (Lipinski definition) is 3. The molecule has 0 atom stereocenters. The minimum atomic E-state index is -1.06. The molecule has 6 heteroatoms. The van der Waals surface area contributed by atoms with Crippen LogP contribution in [0.2, 0.25) is 0 Å². The first-order valence-corrected chi connectivity index (χ1v) is 5.48. The van der Waals surface area contributed by atoms with E-state index in [1.54, 1.807) is 12.1 Å². The fourth-order valence-corrected chi connectivity index (χ4v) is 1.71. The molecule has 0 aliphatic rings. The predicted molar refractivity (Wildman–Crippen MR) is 66.8 cm³/mol. The van der Waals surface area contributed by atoms with Crippen molar-refractivity contribution in [3.05, 3.63) is 29.6 Å². The van der Waals surface area contributed by atoms with Crippen LogP contribution < -0.4 is 5.32 Å². The lowest BCUT2D eigenvalue weighted by atomic mass is 10.1. The molecule has 0 aliphatic heterocycles. The molecule has 2 aromatic rings. The molecule has 0 amide bonds. The minimum Gasteiger partial charge on any atom is -0.478 e. The highest BCUT2D eigenvalue weighted by Crippen LogP contribution is 2.25. The summed E-state index contributed by atoms with van der Waals surface area (Å²) < 4.78 is 0. The topological polar surface area (TPSA) is 95.3 Å². The lowest BCUT2D eigenvalue weighted by Crippen LogP contribution is -2.11. The molecule has 94 valence electrons. The smallest absolute Gasteiger partial charge is 0.339 e. The van der Waals surface area contributed by atoms with E-state index in [2.05, 4.69) is 15.3 Å². The van der Waals surface area contributed by atoms with Crippen molar-refractivity contribution < 1.29 is 15.0 Å². The molecule has 6 nitrogen and oxygen atoms in total. The van der Waals surface area contributed by atoms with Gasteiger partial charge in [-0.15, -0.1) is 0 Å². The monoisotopic (exact) mass is 247 g/mol. The van der Waals surface area contributed by atoms with Crippen LogP contribution in [0.4, 0.5) is 5.69 Å². The summed E-state index contributed by atoms with van der Waals surface area (Å²) in [6, 6.07) is 3.57. The molecule has 2 rings (SSSR count). The van der Waals surface area contributed by atoms with Crippen LogP contribution in [0.5, 0.6) is 0 Å². The SMILES string of the molecule is Cc1ccc2c(NCCO)c(C(=O)O)cnc2n1. The number of nitrogens with one attached hydrogen (secondary N) is 1. The van der Waals surface area contributed by atoms with Gasteiger partial charge in [0.05, 0.1) is 12.3 Å². The van der Waals surface area contributed by atoms with Crippen molar-refractivity contribution in [2.45, 2.75) is 6.92 Å². The first kappa shape index (κ1) is 12.3. The highest BCUT2D eigenvalue weighted by molar-refractivity contribution is 6.03. The van der Waals surface area contributed by atoms with Gasteiger partial charge in [0, 0.05) is 23.8 Å². The number of aromatic carboxylic acids is 1. The Labute approximate surface area is 103 Å². The highest BCUT2D eigenvalue weighted by atomic mass is 16.4. The average molecular weight is 247 g/mol. The van der Waals surface area contributed by atoms with Crippen LogP contribution in [0.25, 0.3) is 11.0 Å². The first-order valence-electron chi connectivity index (χ1n) is 5.48. The molecular formula is C12H13N3O3. The Morgan fingerprint density at radius 3 is 2.89 bits per heavy atom. The van der Waals surface area contributed by atoms with Gasteiger partial charge in [0.2, 0.25) is 0 Å². The van der Waals surface area contributed by atoms with E-state index in [9.17, 15) is 4.79 Å². The first-order chi connectivity index (χ1) is 8.63. The van der Waals surface area contributed by atoms with E-state index < -0.39 is 5.97 Å². The molecule has 0 spiro atoms. The van der Waals surface area contributed by atoms with Crippen molar-refractivity contribution in [3.8, 4) is 0 Å². The number of aliphatic hydroxyl groups is 1. The summed E-state index contributed by atoms with van der Waals surface area (Å²) in [5.74, 6) is -1.06. The molecular weight excluding hydrogens is 234 g/mol. The van der Waals surface area contributed by atoms with Crippen molar-refractivity contribution in [2.24, 2.45) is 0 Å². The molecule has 0 radical (unpaired) electrons. The summed E-state index contributed by atoms with van der Waals surface area (Å²) in [6.45, 7) is 2.03. The van der Waals surface area contributed by atoms with Crippen molar-refractivity contribution in [3.63, 3.8) is 0 Å². The Morgan fingerprint density at radius 1 is 1.44 bits per heavy atom. The normalized spacial score (nSPS) is 10.6. The Balaban J connectivity index is 2.64. The zero-order valence-corrected chi connectivity index (χ0v) is 9.84. The quantitative estimate of drug-likeness (QED) is 0.747. The van der Waals surface area contributed by atoms with Crippen molar-refractivity contribution in [2.75, 3.05) is 18.5 Å². The second-order valence-electron chi connectivity index (χ2n) is 3.83. The molecule has 2 heterocycles. The van der Waals surface area contributed by atoms with Gasteiger partial charge in [0.25, 0.3) is 0 Å². The molecule has 18 heavy (non-hydrogen) atoms. The third-order valence-corrected chi connectivity index (χ3v) is 2.51. The minimum absolute atomic E-state index is 0.0709. The largest absolute Gasteiger partial charge is 0.478 e. The number of fused-ring (bicyclic) bond motifs is 1. The van der Waals surface area contributed by atoms with E-state index in [1.807, 2.05) is 6.92 Å². The zero-order valence-electron chi connectivity index (χ0n) is 9.84. The average Bonchev–Trinajstić information content (AvgIpc) is 2.35. The van der Waals surface area contributed by atoms with Crippen LogP contribution in [0.1, 0.15) is 16.1 Å². The van der Waals surface area contributed by atoms with Gasteiger partial charge in [-0.3, -0.25) is 0 Å². The van der Waals surface area contributed by atoms with Gasteiger partial charge in [-0.05, 0) is 19.1 Å². The number of carbonyl (C=O) groups is 1. The van der Waals surface area contributed by atoms with E-state index in [0.717, 1.165) is 5.69 Å². The number of rotatable bonds is 4. The molecule has 0 aliphatic carbocycles. The summed E-state index contributed by atoms with van der Waals surface area (Å²) >= 11 is 0. The van der Waals surface area contributed by atoms with E-state index in [-0.39, 0.29) is 18.7 Å². The van der Waals surface area contributed by atoms with Gasteiger partial charge in [0.15, 0.2) is 5.65 Å². The van der Waals surface area contributed by atoms with E-state index in [4.69, 9.17) is 10.2 Å². The third kappa shape index (κ3) is 2.23. The number of aromatic nitrogens is 2. The fraction of sp³-hybridized carbons (Fsp3) is 0.250. The number of pyridine rings is 2. The Morgan fingerprint density at radius 2 is 2.22 bits per heavy atom. The zero-order chi connectivity index (χ0) is 13.1. The number of hydrogen-bond acceptors (Lipinski definition) is 5. The van der Waals surface area contributed by atoms with Crippen LogP contribution in [-0.2, 0) is 0 Å². The Kier molecular flexibility index (Phi) is 3.38.